The fourth-order valence-electron chi connectivity index (χ4n) is 2.09. The largest absolute Gasteiger partial charge is 0.465 e. The average Bonchev–Trinajstić information content (AvgIpc) is 2.69. The van der Waals surface area contributed by atoms with Crippen molar-refractivity contribution in [3.05, 3.63) is 35.9 Å². The zero-order valence-corrected chi connectivity index (χ0v) is 10.8. The van der Waals surface area contributed by atoms with Crippen molar-refractivity contribution >= 4 is 17.6 Å². The summed E-state index contributed by atoms with van der Waals surface area (Å²) in [6.07, 6.45) is 0. The van der Waals surface area contributed by atoms with Gasteiger partial charge in [-0.2, -0.15) is 0 Å². The summed E-state index contributed by atoms with van der Waals surface area (Å²) in [7, 11) is 0. The van der Waals surface area contributed by atoms with Crippen LogP contribution in [0.15, 0.2) is 30.3 Å². The van der Waals surface area contributed by atoms with Gasteiger partial charge >= 0.3 is 5.97 Å². The van der Waals surface area contributed by atoms with Crippen LogP contribution in [-0.2, 0) is 20.9 Å². The van der Waals surface area contributed by atoms with E-state index in [9.17, 15) is 9.59 Å². The summed E-state index contributed by atoms with van der Waals surface area (Å²) >= 11 is 0. The van der Waals surface area contributed by atoms with Crippen LogP contribution in [0, 0.1) is 11.3 Å². The molecule has 5 heteroatoms. The maximum atomic E-state index is 11.9. The number of hydrogen-bond acceptors (Lipinski definition) is 4. The Hall–Kier alpha value is -2.17. The lowest BCUT2D eigenvalue weighted by atomic mass is 10.1. The monoisotopic (exact) mass is 260 g/mol. The van der Waals surface area contributed by atoms with Gasteiger partial charge in [0.25, 0.3) is 5.91 Å². The second-order valence-electron chi connectivity index (χ2n) is 4.39. The highest BCUT2D eigenvalue weighted by atomic mass is 16.5. The molecule has 0 bridgehead atoms. The number of carbonyl (C=O) groups is 2. The van der Waals surface area contributed by atoms with E-state index in [4.69, 9.17) is 10.1 Å². The zero-order valence-electron chi connectivity index (χ0n) is 10.8. The van der Waals surface area contributed by atoms with Gasteiger partial charge in [0.05, 0.1) is 6.61 Å². The molecule has 1 aromatic carbocycles. The molecule has 1 fully saturated rings. The smallest absolute Gasteiger partial charge is 0.317 e. The molecule has 100 valence electrons. The Labute approximate surface area is 111 Å². The summed E-state index contributed by atoms with van der Waals surface area (Å²) < 4.78 is 4.88. The highest BCUT2D eigenvalue weighted by molar-refractivity contribution is 6.43. The molecule has 0 saturated carbocycles. The molecule has 0 unspecified atom stereocenters. The first-order valence-corrected chi connectivity index (χ1v) is 6.21. The van der Waals surface area contributed by atoms with Crippen molar-refractivity contribution in [3.63, 3.8) is 0 Å². The minimum Gasteiger partial charge on any atom is -0.465 e. The molecule has 2 rings (SSSR count). The van der Waals surface area contributed by atoms with Crippen LogP contribution < -0.4 is 0 Å². The second-order valence-corrected chi connectivity index (χ2v) is 4.39. The molecule has 0 spiro atoms. The SMILES string of the molecule is CCOC(=O)[C@H]1CN(Cc2ccccc2)C(=O)C1=N. The van der Waals surface area contributed by atoms with E-state index < -0.39 is 11.9 Å². The van der Waals surface area contributed by atoms with E-state index in [-0.39, 0.29) is 24.8 Å². The normalized spacial score (nSPS) is 18.8. The molecule has 0 radical (unpaired) electrons. The molecule has 1 N–H and O–H groups in total. The maximum absolute atomic E-state index is 11.9. The Kier molecular flexibility index (Phi) is 3.94. The minimum absolute atomic E-state index is 0.172. The predicted molar refractivity (Wildman–Crippen MR) is 69.7 cm³/mol. The molecule has 1 heterocycles. The maximum Gasteiger partial charge on any atom is 0.317 e. The standard InChI is InChI=1S/C14H16N2O3/c1-2-19-14(18)11-9-16(13(17)12(11)15)8-10-6-4-3-5-7-10/h3-7,11,15H,2,8-9H2,1H3/t11-/m0/s1. The van der Waals surface area contributed by atoms with E-state index in [0.29, 0.717) is 6.54 Å². The highest BCUT2D eigenvalue weighted by Gasteiger charge is 2.40. The Balaban J connectivity index is 2.06. The van der Waals surface area contributed by atoms with Crippen molar-refractivity contribution < 1.29 is 14.3 Å². The van der Waals surface area contributed by atoms with Gasteiger partial charge in [0.15, 0.2) is 0 Å². The third-order valence-electron chi connectivity index (χ3n) is 3.06. The van der Waals surface area contributed by atoms with Crippen molar-refractivity contribution in [2.24, 2.45) is 5.92 Å². The fourth-order valence-corrected chi connectivity index (χ4v) is 2.09. The number of rotatable bonds is 4. The molecule has 1 saturated heterocycles. The lowest BCUT2D eigenvalue weighted by molar-refractivity contribution is -0.145. The summed E-state index contributed by atoms with van der Waals surface area (Å²) in [6.45, 7) is 2.61. The third-order valence-corrected chi connectivity index (χ3v) is 3.06. The first kappa shape index (κ1) is 13.3. The Morgan fingerprint density at radius 2 is 2.11 bits per heavy atom. The van der Waals surface area contributed by atoms with Gasteiger partial charge in [-0.05, 0) is 12.5 Å². The summed E-state index contributed by atoms with van der Waals surface area (Å²) in [6, 6.07) is 9.51. The molecular formula is C14H16N2O3. The zero-order chi connectivity index (χ0) is 13.8. The summed E-state index contributed by atoms with van der Waals surface area (Å²) in [4.78, 5) is 25.1. The van der Waals surface area contributed by atoms with Crippen molar-refractivity contribution in [2.45, 2.75) is 13.5 Å². The van der Waals surface area contributed by atoms with Crippen LogP contribution in [0.1, 0.15) is 12.5 Å². The van der Waals surface area contributed by atoms with Gasteiger partial charge in [-0.1, -0.05) is 30.3 Å². The number of esters is 1. The van der Waals surface area contributed by atoms with E-state index in [0.717, 1.165) is 5.56 Å². The molecule has 5 nitrogen and oxygen atoms in total. The van der Waals surface area contributed by atoms with Crippen LogP contribution in [0.3, 0.4) is 0 Å². The molecule has 19 heavy (non-hydrogen) atoms. The topological polar surface area (TPSA) is 70.5 Å². The number of carbonyl (C=O) groups excluding carboxylic acids is 2. The van der Waals surface area contributed by atoms with E-state index in [2.05, 4.69) is 0 Å². The van der Waals surface area contributed by atoms with Gasteiger partial charge in [0.2, 0.25) is 0 Å². The van der Waals surface area contributed by atoms with Crippen LogP contribution in [0.5, 0.6) is 0 Å². The van der Waals surface area contributed by atoms with Crippen LogP contribution in [0.2, 0.25) is 0 Å². The molecule has 1 aliphatic heterocycles. The van der Waals surface area contributed by atoms with Crippen LogP contribution in [0.4, 0.5) is 0 Å². The predicted octanol–water partition coefficient (Wildman–Crippen LogP) is 1.23. The summed E-state index contributed by atoms with van der Waals surface area (Å²) in [5, 5.41) is 7.72. The molecule has 0 aromatic heterocycles. The van der Waals surface area contributed by atoms with Gasteiger partial charge in [-0.25, -0.2) is 0 Å². The average molecular weight is 260 g/mol. The van der Waals surface area contributed by atoms with Gasteiger partial charge < -0.3 is 9.64 Å². The van der Waals surface area contributed by atoms with E-state index in [1.165, 1.54) is 4.90 Å². The quantitative estimate of drug-likeness (QED) is 0.828. The van der Waals surface area contributed by atoms with Gasteiger partial charge in [0.1, 0.15) is 11.6 Å². The number of hydrogen-bond donors (Lipinski definition) is 1. The number of nitrogens with zero attached hydrogens (tertiary/aromatic N) is 1. The summed E-state index contributed by atoms with van der Waals surface area (Å²) in [5.74, 6) is -1.63. The van der Waals surface area contributed by atoms with E-state index >= 15 is 0 Å². The number of benzene rings is 1. The Morgan fingerprint density at radius 3 is 2.74 bits per heavy atom. The van der Waals surface area contributed by atoms with Crippen LogP contribution in [-0.4, -0.2) is 35.6 Å². The molecule has 1 amide bonds. The second kappa shape index (κ2) is 5.65. The van der Waals surface area contributed by atoms with Crippen LogP contribution in [0.25, 0.3) is 0 Å². The van der Waals surface area contributed by atoms with Crippen molar-refractivity contribution in [3.8, 4) is 0 Å². The molecular weight excluding hydrogens is 244 g/mol. The highest BCUT2D eigenvalue weighted by Crippen LogP contribution is 2.18. The lowest BCUT2D eigenvalue weighted by Gasteiger charge is -2.15. The number of nitrogens with one attached hydrogen (secondary N) is 1. The molecule has 0 aliphatic carbocycles. The van der Waals surface area contributed by atoms with Gasteiger partial charge in [0, 0.05) is 13.1 Å². The first-order valence-electron chi connectivity index (χ1n) is 6.21. The fraction of sp³-hybridized carbons (Fsp3) is 0.357. The minimum atomic E-state index is -0.754. The van der Waals surface area contributed by atoms with Crippen molar-refractivity contribution in [2.75, 3.05) is 13.2 Å². The molecule has 1 atom stereocenters. The number of ether oxygens (including phenoxy) is 1. The third kappa shape index (κ3) is 2.81. The molecule has 1 aliphatic rings. The van der Waals surface area contributed by atoms with Gasteiger partial charge in [-0.3, -0.25) is 15.0 Å². The number of amides is 1. The van der Waals surface area contributed by atoms with E-state index in [1.54, 1.807) is 6.92 Å². The summed E-state index contributed by atoms with van der Waals surface area (Å²) in [5.41, 5.74) is 0.808. The first-order chi connectivity index (χ1) is 9.13. The van der Waals surface area contributed by atoms with Crippen LogP contribution >= 0.6 is 0 Å². The van der Waals surface area contributed by atoms with Gasteiger partial charge in [-0.15, -0.1) is 0 Å². The molecule has 1 aromatic rings. The Bertz CT molecular complexity index is 499. The van der Waals surface area contributed by atoms with Crippen molar-refractivity contribution in [1.29, 1.82) is 5.41 Å². The van der Waals surface area contributed by atoms with Crippen molar-refractivity contribution in [1.82, 2.24) is 4.90 Å². The lowest BCUT2D eigenvalue weighted by Crippen LogP contribution is -2.26. The number of likely N-dealkylation sites (tertiary alicyclic amines) is 1. The Morgan fingerprint density at radius 1 is 1.42 bits per heavy atom. The van der Waals surface area contributed by atoms with E-state index in [1.807, 2.05) is 30.3 Å².